The highest BCUT2D eigenvalue weighted by molar-refractivity contribution is 7.13. The van der Waals surface area contributed by atoms with Gasteiger partial charge in [0.25, 0.3) is 0 Å². The van der Waals surface area contributed by atoms with Gasteiger partial charge in [0.2, 0.25) is 0 Å². The van der Waals surface area contributed by atoms with E-state index in [4.69, 9.17) is 11.6 Å². The zero-order valence-electron chi connectivity index (χ0n) is 6.93. The summed E-state index contributed by atoms with van der Waals surface area (Å²) in [5.74, 6) is 0. The van der Waals surface area contributed by atoms with Crippen molar-refractivity contribution in [1.82, 2.24) is 4.98 Å². The maximum absolute atomic E-state index is 5.88. The second-order valence-electron chi connectivity index (χ2n) is 2.99. The molecule has 0 unspecified atom stereocenters. The van der Waals surface area contributed by atoms with Crippen LogP contribution in [0.15, 0.2) is 6.08 Å². The highest BCUT2D eigenvalue weighted by Crippen LogP contribution is 2.33. The van der Waals surface area contributed by atoms with Crippen molar-refractivity contribution >= 4 is 28.5 Å². The molecule has 0 saturated heterocycles. The van der Waals surface area contributed by atoms with E-state index in [0.717, 1.165) is 9.88 Å². The van der Waals surface area contributed by atoms with Crippen LogP contribution in [0, 0.1) is 6.92 Å². The molecule has 0 N–H and O–H groups in total. The van der Waals surface area contributed by atoms with Crippen molar-refractivity contribution in [3.63, 3.8) is 0 Å². The lowest BCUT2D eigenvalue weighted by molar-refractivity contribution is 0.934. The molecule has 2 rings (SSSR count). The van der Waals surface area contributed by atoms with E-state index >= 15 is 0 Å². The third-order valence-corrected chi connectivity index (χ3v) is 3.58. The van der Waals surface area contributed by atoms with Crippen molar-refractivity contribution in [3.8, 4) is 0 Å². The summed E-state index contributed by atoms with van der Waals surface area (Å²) in [6.07, 6.45) is 5.91. The Kier molecular flexibility index (Phi) is 2.20. The van der Waals surface area contributed by atoms with Crippen LogP contribution >= 0.6 is 22.9 Å². The number of allylic oxidation sites excluding steroid dienone is 2. The second kappa shape index (κ2) is 3.19. The van der Waals surface area contributed by atoms with Gasteiger partial charge in [0.05, 0.1) is 0 Å². The monoisotopic (exact) mass is 199 g/mol. The largest absolute Gasteiger partial charge is 0.224 e. The minimum atomic E-state index is 0.669. The number of halogens is 1. The van der Waals surface area contributed by atoms with Gasteiger partial charge in [0, 0.05) is 4.88 Å². The van der Waals surface area contributed by atoms with Gasteiger partial charge in [-0.1, -0.05) is 17.7 Å². The average Bonchev–Trinajstić information content (AvgIpc) is 2.61. The van der Waals surface area contributed by atoms with Crippen LogP contribution in [-0.4, -0.2) is 4.98 Å². The highest BCUT2D eigenvalue weighted by atomic mass is 35.5. The maximum Gasteiger partial charge on any atom is 0.143 e. The molecule has 1 aliphatic carbocycles. The molecule has 0 spiro atoms. The highest BCUT2D eigenvalue weighted by Gasteiger charge is 2.12. The van der Waals surface area contributed by atoms with Crippen molar-refractivity contribution in [2.24, 2.45) is 0 Å². The second-order valence-corrected chi connectivity index (χ2v) is 4.55. The zero-order valence-corrected chi connectivity index (χ0v) is 8.50. The molecule has 0 aromatic carbocycles. The number of hydrogen-bond donors (Lipinski definition) is 0. The molecule has 1 aromatic rings. The molecular weight excluding hydrogens is 190 g/mol. The number of hydrogen-bond acceptors (Lipinski definition) is 2. The lowest BCUT2D eigenvalue weighted by Gasteiger charge is -1.92. The third-order valence-electron chi connectivity index (χ3n) is 2.06. The summed E-state index contributed by atoms with van der Waals surface area (Å²) in [4.78, 5) is 5.43. The lowest BCUT2D eigenvalue weighted by atomic mass is 10.2. The molecule has 1 aliphatic rings. The Labute approximate surface area is 81.1 Å². The summed E-state index contributed by atoms with van der Waals surface area (Å²) in [6.45, 7) is 2.01. The van der Waals surface area contributed by atoms with E-state index in [-0.39, 0.29) is 0 Å². The van der Waals surface area contributed by atoms with Gasteiger partial charge in [-0.05, 0) is 31.8 Å². The van der Waals surface area contributed by atoms with E-state index in [2.05, 4.69) is 11.1 Å². The van der Waals surface area contributed by atoms with Gasteiger partial charge in [-0.2, -0.15) is 0 Å². The van der Waals surface area contributed by atoms with E-state index in [1.807, 2.05) is 6.92 Å². The number of aromatic nitrogens is 1. The molecule has 0 atom stereocenters. The van der Waals surface area contributed by atoms with Crippen LogP contribution in [-0.2, 0) is 0 Å². The fourth-order valence-corrected chi connectivity index (χ4v) is 2.50. The molecule has 0 bridgehead atoms. The Balaban J connectivity index is 2.34. The molecule has 1 heterocycles. The van der Waals surface area contributed by atoms with Crippen LogP contribution in [0.4, 0.5) is 0 Å². The maximum atomic E-state index is 5.88. The molecule has 0 aliphatic heterocycles. The van der Waals surface area contributed by atoms with Gasteiger partial charge < -0.3 is 0 Å². The van der Waals surface area contributed by atoms with Gasteiger partial charge in [0.1, 0.15) is 10.2 Å². The van der Waals surface area contributed by atoms with E-state index in [1.54, 1.807) is 11.3 Å². The topological polar surface area (TPSA) is 12.9 Å². The molecule has 64 valence electrons. The summed E-state index contributed by atoms with van der Waals surface area (Å²) < 4.78 is 0. The third kappa shape index (κ3) is 1.41. The standard InChI is InChI=1S/C9H10ClNS/c1-6-8(10)11-9(12-6)7-4-2-3-5-7/h4H,2-3,5H2,1H3. The first-order valence-electron chi connectivity index (χ1n) is 4.09. The van der Waals surface area contributed by atoms with E-state index in [9.17, 15) is 0 Å². The number of rotatable bonds is 1. The predicted molar refractivity (Wildman–Crippen MR) is 53.7 cm³/mol. The summed E-state index contributed by atoms with van der Waals surface area (Å²) >= 11 is 7.58. The summed E-state index contributed by atoms with van der Waals surface area (Å²) in [5, 5.41) is 1.79. The van der Waals surface area contributed by atoms with E-state index in [0.29, 0.717) is 5.15 Å². The summed E-state index contributed by atoms with van der Waals surface area (Å²) in [7, 11) is 0. The first-order valence-corrected chi connectivity index (χ1v) is 5.29. The molecular formula is C9H10ClNS. The minimum Gasteiger partial charge on any atom is -0.224 e. The Hall–Kier alpha value is -0.340. The van der Waals surface area contributed by atoms with E-state index in [1.165, 1.54) is 24.8 Å². The van der Waals surface area contributed by atoms with Gasteiger partial charge in [-0.3, -0.25) is 0 Å². The first-order chi connectivity index (χ1) is 5.77. The van der Waals surface area contributed by atoms with Crippen molar-refractivity contribution < 1.29 is 0 Å². The molecule has 1 nitrogen and oxygen atoms in total. The number of nitrogens with zero attached hydrogens (tertiary/aromatic N) is 1. The molecule has 0 amide bonds. The molecule has 3 heteroatoms. The summed E-state index contributed by atoms with van der Waals surface area (Å²) in [5.41, 5.74) is 1.38. The van der Waals surface area contributed by atoms with Gasteiger partial charge in [-0.15, -0.1) is 11.3 Å². The zero-order chi connectivity index (χ0) is 8.55. The Morgan fingerprint density at radius 1 is 1.58 bits per heavy atom. The van der Waals surface area contributed by atoms with Crippen LogP contribution in [0.2, 0.25) is 5.15 Å². The van der Waals surface area contributed by atoms with Crippen LogP contribution in [0.25, 0.3) is 5.57 Å². The molecule has 0 fully saturated rings. The van der Waals surface area contributed by atoms with Gasteiger partial charge >= 0.3 is 0 Å². The van der Waals surface area contributed by atoms with Gasteiger partial charge in [0.15, 0.2) is 0 Å². The van der Waals surface area contributed by atoms with Crippen molar-refractivity contribution in [2.75, 3.05) is 0 Å². The van der Waals surface area contributed by atoms with Crippen LogP contribution in [0.1, 0.15) is 29.1 Å². The lowest BCUT2D eigenvalue weighted by Crippen LogP contribution is -1.76. The predicted octanol–water partition coefficient (Wildman–Crippen LogP) is 3.67. The molecule has 12 heavy (non-hydrogen) atoms. The number of aryl methyl sites for hydroxylation is 1. The van der Waals surface area contributed by atoms with Gasteiger partial charge in [-0.25, -0.2) is 4.98 Å². The minimum absolute atomic E-state index is 0.669. The van der Waals surface area contributed by atoms with E-state index < -0.39 is 0 Å². The van der Waals surface area contributed by atoms with Crippen molar-refractivity contribution in [2.45, 2.75) is 26.2 Å². The van der Waals surface area contributed by atoms with Crippen LogP contribution < -0.4 is 0 Å². The fourth-order valence-electron chi connectivity index (χ4n) is 1.38. The first kappa shape index (κ1) is 8.27. The summed E-state index contributed by atoms with van der Waals surface area (Å²) in [6, 6.07) is 0. The van der Waals surface area contributed by atoms with Crippen LogP contribution in [0.5, 0.6) is 0 Å². The molecule has 0 radical (unpaired) electrons. The van der Waals surface area contributed by atoms with Crippen molar-refractivity contribution in [1.29, 1.82) is 0 Å². The molecule has 1 aromatic heterocycles. The normalized spacial score (nSPS) is 16.7. The Morgan fingerprint density at radius 2 is 2.42 bits per heavy atom. The molecule has 0 saturated carbocycles. The SMILES string of the molecule is Cc1sc(C2=CCCC2)nc1Cl. The quantitative estimate of drug-likeness (QED) is 0.673. The number of thiazole rings is 1. The van der Waals surface area contributed by atoms with Crippen LogP contribution in [0.3, 0.4) is 0 Å². The average molecular weight is 200 g/mol. The fraction of sp³-hybridized carbons (Fsp3) is 0.444. The van der Waals surface area contributed by atoms with Crippen molar-refractivity contribution in [3.05, 3.63) is 21.1 Å². The smallest absolute Gasteiger partial charge is 0.143 e. The Morgan fingerprint density at radius 3 is 2.92 bits per heavy atom. The Bertz CT molecular complexity index is 308.